The Kier molecular flexibility index (Phi) is 3.27. The Bertz CT molecular complexity index is 477. The number of hydrogen-bond acceptors (Lipinski definition) is 2. The van der Waals surface area contributed by atoms with Gasteiger partial charge < -0.3 is 10.8 Å². The van der Waals surface area contributed by atoms with Crippen molar-refractivity contribution in [3.63, 3.8) is 0 Å². The molecule has 2 rings (SSSR count). The van der Waals surface area contributed by atoms with Gasteiger partial charge in [0.05, 0.1) is 5.60 Å². The summed E-state index contributed by atoms with van der Waals surface area (Å²) in [4.78, 5) is 0. The molecule has 2 atom stereocenters. The molecule has 0 saturated heterocycles. The molecule has 0 bridgehead atoms. The minimum Gasteiger partial charge on any atom is -0.398 e. The maximum absolute atomic E-state index is 10.7. The third kappa shape index (κ3) is 2.38. The molecule has 0 radical (unpaired) electrons. The molecular formula is C14H16ClNO. The molecule has 2 unspecified atom stereocenters. The number of nitrogens with two attached hydrogens (primary N) is 1. The number of nitrogen functional groups attached to an aromatic ring is 1. The smallest absolute Gasteiger partial charge is 0.0954 e. The molecule has 1 aromatic carbocycles. The maximum atomic E-state index is 10.7. The van der Waals surface area contributed by atoms with Crippen molar-refractivity contribution < 1.29 is 5.11 Å². The van der Waals surface area contributed by atoms with E-state index in [0.717, 1.165) is 6.42 Å². The monoisotopic (exact) mass is 249 g/mol. The number of anilines is 1. The highest BCUT2D eigenvalue weighted by Gasteiger charge is 2.33. The second kappa shape index (κ2) is 4.55. The van der Waals surface area contributed by atoms with Crippen molar-refractivity contribution in [2.24, 2.45) is 5.92 Å². The Morgan fingerprint density at radius 1 is 1.41 bits per heavy atom. The number of aliphatic hydroxyl groups is 1. The topological polar surface area (TPSA) is 46.2 Å². The lowest BCUT2D eigenvalue weighted by Crippen LogP contribution is -2.31. The average molecular weight is 250 g/mol. The van der Waals surface area contributed by atoms with Crippen molar-refractivity contribution >= 4 is 17.3 Å². The molecule has 0 aromatic heterocycles. The van der Waals surface area contributed by atoms with Crippen LogP contribution in [0.2, 0.25) is 5.02 Å². The lowest BCUT2D eigenvalue weighted by molar-refractivity contribution is 0.0149. The first kappa shape index (κ1) is 12.2. The van der Waals surface area contributed by atoms with Crippen LogP contribution in [0.5, 0.6) is 0 Å². The fourth-order valence-electron chi connectivity index (χ4n) is 2.16. The normalized spacial score (nSPS) is 22.4. The summed E-state index contributed by atoms with van der Waals surface area (Å²) in [6.07, 6.45) is 8.77. The Morgan fingerprint density at radius 2 is 2.18 bits per heavy atom. The summed E-state index contributed by atoms with van der Waals surface area (Å²) in [5.74, 6) is 0.0215. The highest BCUT2D eigenvalue weighted by atomic mass is 35.5. The summed E-state index contributed by atoms with van der Waals surface area (Å²) >= 11 is 5.96. The third-order valence-corrected chi connectivity index (χ3v) is 3.50. The lowest BCUT2D eigenvalue weighted by Gasteiger charge is -2.33. The Morgan fingerprint density at radius 3 is 2.82 bits per heavy atom. The predicted molar refractivity (Wildman–Crippen MR) is 71.8 cm³/mol. The summed E-state index contributed by atoms with van der Waals surface area (Å²) in [7, 11) is 0. The fraction of sp³-hybridized carbons (Fsp3) is 0.286. The predicted octanol–water partition coefficient (Wildman–Crippen LogP) is 3.26. The summed E-state index contributed by atoms with van der Waals surface area (Å²) in [5, 5.41) is 11.3. The number of benzene rings is 1. The minimum absolute atomic E-state index is 0.0215. The molecule has 2 nitrogen and oxygen atoms in total. The van der Waals surface area contributed by atoms with E-state index in [-0.39, 0.29) is 5.92 Å². The largest absolute Gasteiger partial charge is 0.398 e. The quantitative estimate of drug-likeness (QED) is 0.791. The van der Waals surface area contributed by atoms with Crippen molar-refractivity contribution in [2.45, 2.75) is 18.9 Å². The number of halogens is 1. The van der Waals surface area contributed by atoms with Gasteiger partial charge in [0.25, 0.3) is 0 Å². The maximum Gasteiger partial charge on any atom is 0.0954 e. The standard InChI is InChI=1S/C14H16ClNO/c1-14(17,10-5-3-2-4-6-10)12-9-11(15)7-8-13(12)16/h2-5,7-10,17H,6,16H2,1H3. The highest BCUT2D eigenvalue weighted by molar-refractivity contribution is 6.30. The molecule has 0 heterocycles. The van der Waals surface area contributed by atoms with Crippen LogP contribution >= 0.6 is 11.6 Å². The second-order valence-electron chi connectivity index (χ2n) is 4.53. The van der Waals surface area contributed by atoms with Crippen LogP contribution in [0, 0.1) is 5.92 Å². The van der Waals surface area contributed by atoms with E-state index in [1.165, 1.54) is 0 Å². The Hall–Kier alpha value is -1.25. The Balaban J connectivity index is 2.39. The first-order valence-electron chi connectivity index (χ1n) is 5.63. The van der Waals surface area contributed by atoms with E-state index in [4.69, 9.17) is 17.3 Å². The van der Waals surface area contributed by atoms with E-state index < -0.39 is 5.60 Å². The van der Waals surface area contributed by atoms with Crippen LogP contribution in [0.25, 0.3) is 0 Å². The molecule has 0 saturated carbocycles. The fourth-order valence-corrected chi connectivity index (χ4v) is 2.34. The van der Waals surface area contributed by atoms with Gasteiger partial charge >= 0.3 is 0 Å². The summed E-state index contributed by atoms with van der Waals surface area (Å²) in [5.41, 5.74) is 6.18. The average Bonchev–Trinajstić information content (AvgIpc) is 2.33. The molecule has 3 heteroatoms. The first-order chi connectivity index (χ1) is 8.01. The Labute approximate surface area is 106 Å². The summed E-state index contributed by atoms with van der Waals surface area (Å²) < 4.78 is 0. The van der Waals surface area contributed by atoms with Gasteiger partial charge in [0.15, 0.2) is 0 Å². The van der Waals surface area contributed by atoms with E-state index in [2.05, 4.69) is 0 Å². The third-order valence-electron chi connectivity index (χ3n) is 3.26. The van der Waals surface area contributed by atoms with Gasteiger partial charge in [-0.25, -0.2) is 0 Å². The number of hydrogen-bond donors (Lipinski definition) is 2. The van der Waals surface area contributed by atoms with Gasteiger partial charge in [-0.1, -0.05) is 35.9 Å². The zero-order chi connectivity index (χ0) is 12.5. The summed E-state index contributed by atoms with van der Waals surface area (Å²) in [6.45, 7) is 1.78. The van der Waals surface area contributed by atoms with Crippen LogP contribution < -0.4 is 5.73 Å². The molecule has 0 spiro atoms. The number of rotatable bonds is 2. The zero-order valence-electron chi connectivity index (χ0n) is 9.73. The zero-order valence-corrected chi connectivity index (χ0v) is 10.5. The van der Waals surface area contributed by atoms with Gasteiger partial charge in [0.1, 0.15) is 0 Å². The van der Waals surface area contributed by atoms with E-state index in [1.807, 2.05) is 24.3 Å². The van der Waals surface area contributed by atoms with Crippen LogP contribution in [0.15, 0.2) is 42.5 Å². The van der Waals surface area contributed by atoms with Gasteiger partial charge in [-0.15, -0.1) is 0 Å². The van der Waals surface area contributed by atoms with Gasteiger partial charge in [-0.3, -0.25) is 0 Å². The minimum atomic E-state index is -1.00. The molecule has 0 fully saturated rings. The highest BCUT2D eigenvalue weighted by Crippen LogP contribution is 2.38. The van der Waals surface area contributed by atoms with Crippen molar-refractivity contribution in [3.8, 4) is 0 Å². The van der Waals surface area contributed by atoms with Gasteiger partial charge in [0.2, 0.25) is 0 Å². The van der Waals surface area contributed by atoms with Gasteiger partial charge in [-0.05, 0) is 31.5 Å². The van der Waals surface area contributed by atoms with E-state index >= 15 is 0 Å². The van der Waals surface area contributed by atoms with Crippen molar-refractivity contribution in [1.29, 1.82) is 0 Å². The second-order valence-corrected chi connectivity index (χ2v) is 4.97. The number of allylic oxidation sites excluding steroid dienone is 3. The van der Waals surface area contributed by atoms with Gasteiger partial charge in [0, 0.05) is 22.2 Å². The molecule has 0 aliphatic heterocycles. The van der Waals surface area contributed by atoms with Crippen LogP contribution in [0.4, 0.5) is 5.69 Å². The van der Waals surface area contributed by atoms with E-state index in [9.17, 15) is 5.11 Å². The van der Waals surface area contributed by atoms with Crippen LogP contribution in [0.1, 0.15) is 18.9 Å². The van der Waals surface area contributed by atoms with E-state index in [0.29, 0.717) is 16.3 Å². The van der Waals surface area contributed by atoms with Crippen LogP contribution in [-0.4, -0.2) is 5.11 Å². The molecule has 90 valence electrons. The SMILES string of the molecule is CC(O)(c1cc(Cl)ccc1N)C1C=CC=CC1. The first-order valence-corrected chi connectivity index (χ1v) is 6.01. The summed E-state index contributed by atoms with van der Waals surface area (Å²) in [6, 6.07) is 5.20. The van der Waals surface area contributed by atoms with Crippen LogP contribution in [0.3, 0.4) is 0 Å². The molecule has 1 aliphatic rings. The van der Waals surface area contributed by atoms with Crippen molar-refractivity contribution in [2.75, 3.05) is 5.73 Å². The molecule has 1 aromatic rings. The lowest BCUT2D eigenvalue weighted by atomic mass is 9.79. The molecule has 17 heavy (non-hydrogen) atoms. The van der Waals surface area contributed by atoms with Crippen LogP contribution in [-0.2, 0) is 5.60 Å². The molecular weight excluding hydrogens is 234 g/mol. The van der Waals surface area contributed by atoms with Crippen molar-refractivity contribution in [1.82, 2.24) is 0 Å². The van der Waals surface area contributed by atoms with E-state index in [1.54, 1.807) is 25.1 Å². The molecule has 0 amide bonds. The molecule has 1 aliphatic carbocycles. The molecule has 3 N–H and O–H groups in total. The van der Waals surface area contributed by atoms with Crippen molar-refractivity contribution in [3.05, 3.63) is 53.1 Å². The van der Waals surface area contributed by atoms with Gasteiger partial charge in [-0.2, -0.15) is 0 Å².